The molecule has 0 aliphatic carbocycles. The maximum Gasteiger partial charge on any atom is 0.0108 e. The number of aryl methyl sites for hydroxylation is 1. The summed E-state index contributed by atoms with van der Waals surface area (Å²) < 4.78 is 0. The molecule has 1 N–H and O–H groups in total. The molecular formula is C16H26N2S. The third kappa shape index (κ3) is 4.83. The number of piperazine rings is 1. The van der Waals surface area contributed by atoms with Crippen LogP contribution in [0.1, 0.15) is 24.5 Å². The largest absolute Gasteiger partial charge is 0.314 e. The molecule has 0 spiro atoms. The normalized spacial score (nSPS) is 16.7. The average Bonchev–Trinajstić information content (AvgIpc) is 2.45. The first kappa shape index (κ1) is 14.9. The van der Waals surface area contributed by atoms with Crippen LogP contribution in [0.4, 0.5) is 0 Å². The van der Waals surface area contributed by atoms with E-state index >= 15 is 0 Å². The lowest BCUT2D eigenvalue weighted by Crippen LogP contribution is -2.44. The lowest BCUT2D eigenvalue weighted by molar-refractivity contribution is 0.243. The van der Waals surface area contributed by atoms with E-state index in [0.29, 0.717) is 0 Å². The van der Waals surface area contributed by atoms with E-state index in [1.54, 1.807) is 0 Å². The summed E-state index contributed by atoms with van der Waals surface area (Å²) in [7, 11) is 0. The second-order valence-electron chi connectivity index (χ2n) is 5.30. The average molecular weight is 278 g/mol. The third-order valence-electron chi connectivity index (χ3n) is 3.58. The monoisotopic (exact) mass is 278 g/mol. The molecule has 0 atom stereocenters. The van der Waals surface area contributed by atoms with E-state index in [9.17, 15) is 0 Å². The Morgan fingerprint density at radius 1 is 1.26 bits per heavy atom. The Morgan fingerprint density at radius 2 is 2.05 bits per heavy atom. The van der Waals surface area contributed by atoms with E-state index in [-0.39, 0.29) is 0 Å². The van der Waals surface area contributed by atoms with Gasteiger partial charge in [0, 0.05) is 37.6 Å². The Kier molecular flexibility index (Phi) is 6.21. The standard InChI is InChI=1S/C16H26N2S/c1-3-12-19-16-5-4-14(2)13-15(16)6-9-18-10-7-17-8-11-18/h4-5,13,17H,3,6-12H2,1-2H3. The van der Waals surface area contributed by atoms with Gasteiger partial charge in [0.1, 0.15) is 0 Å². The molecule has 106 valence electrons. The minimum absolute atomic E-state index is 1.14. The number of nitrogens with one attached hydrogen (secondary N) is 1. The summed E-state index contributed by atoms with van der Waals surface area (Å²) in [6, 6.07) is 6.93. The van der Waals surface area contributed by atoms with Crippen LogP contribution in [0.5, 0.6) is 0 Å². The molecule has 19 heavy (non-hydrogen) atoms. The number of nitrogens with zero attached hydrogens (tertiary/aromatic N) is 1. The fourth-order valence-corrected chi connectivity index (χ4v) is 3.40. The van der Waals surface area contributed by atoms with Crippen molar-refractivity contribution in [1.29, 1.82) is 0 Å². The van der Waals surface area contributed by atoms with Crippen LogP contribution >= 0.6 is 11.8 Å². The molecule has 1 aliphatic rings. The second kappa shape index (κ2) is 7.93. The highest BCUT2D eigenvalue weighted by Gasteiger charge is 2.10. The Balaban J connectivity index is 1.94. The molecule has 0 bridgehead atoms. The van der Waals surface area contributed by atoms with Gasteiger partial charge in [-0.25, -0.2) is 0 Å². The Bertz CT molecular complexity index is 386. The molecule has 0 saturated carbocycles. The van der Waals surface area contributed by atoms with Gasteiger partial charge in [-0.15, -0.1) is 11.8 Å². The summed E-state index contributed by atoms with van der Waals surface area (Å²) >= 11 is 2.01. The number of hydrogen-bond acceptors (Lipinski definition) is 3. The molecule has 1 aliphatic heterocycles. The SMILES string of the molecule is CCCSc1ccc(C)cc1CCN1CCNCC1. The second-order valence-corrected chi connectivity index (χ2v) is 6.44. The fourth-order valence-electron chi connectivity index (χ4n) is 2.47. The van der Waals surface area contributed by atoms with Crippen molar-refractivity contribution in [3.05, 3.63) is 29.3 Å². The van der Waals surface area contributed by atoms with Gasteiger partial charge in [0.05, 0.1) is 0 Å². The van der Waals surface area contributed by atoms with E-state index in [1.807, 2.05) is 11.8 Å². The first-order valence-corrected chi connectivity index (χ1v) is 8.43. The van der Waals surface area contributed by atoms with Crippen LogP contribution < -0.4 is 5.32 Å². The van der Waals surface area contributed by atoms with E-state index in [2.05, 4.69) is 42.3 Å². The van der Waals surface area contributed by atoms with Crippen LogP contribution in [0.2, 0.25) is 0 Å². The van der Waals surface area contributed by atoms with Crippen LogP contribution in [0, 0.1) is 6.92 Å². The summed E-state index contributed by atoms with van der Waals surface area (Å²) in [5, 5.41) is 3.42. The fraction of sp³-hybridized carbons (Fsp3) is 0.625. The van der Waals surface area contributed by atoms with Crippen molar-refractivity contribution in [2.75, 3.05) is 38.5 Å². The van der Waals surface area contributed by atoms with E-state index in [1.165, 1.54) is 54.3 Å². The molecule has 2 nitrogen and oxygen atoms in total. The van der Waals surface area contributed by atoms with Crippen LogP contribution in [0.25, 0.3) is 0 Å². The van der Waals surface area contributed by atoms with Gasteiger partial charge < -0.3 is 10.2 Å². The first-order chi connectivity index (χ1) is 9.29. The minimum atomic E-state index is 1.14. The van der Waals surface area contributed by atoms with Crippen molar-refractivity contribution in [2.45, 2.75) is 31.6 Å². The zero-order chi connectivity index (χ0) is 13.5. The third-order valence-corrected chi connectivity index (χ3v) is 4.91. The zero-order valence-corrected chi connectivity index (χ0v) is 13.1. The highest BCUT2D eigenvalue weighted by molar-refractivity contribution is 7.99. The van der Waals surface area contributed by atoms with E-state index < -0.39 is 0 Å². The Hall–Kier alpha value is -0.510. The smallest absolute Gasteiger partial charge is 0.0108 e. The molecular weight excluding hydrogens is 252 g/mol. The molecule has 1 aromatic rings. The molecule has 0 amide bonds. The van der Waals surface area contributed by atoms with Crippen molar-refractivity contribution >= 4 is 11.8 Å². The van der Waals surface area contributed by atoms with Crippen molar-refractivity contribution in [1.82, 2.24) is 10.2 Å². The van der Waals surface area contributed by atoms with Gasteiger partial charge in [0.25, 0.3) is 0 Å². The van der Waals surface area contributed by atoms with E-state index in [0.717, 1.165) is 13.1 Å². The maximum absolute atomic E-state index is 3.42. The summed E-state index contributed by atoms with van der Waals surface area (Å²) in [5.41, 5.74) is 2.92. The summed E-state index contributed by atoms with van der Waals surface area (Å²) in [6.45, 7) is 10.3. The Morgan fingerprint density at radius 3 is 2.79 bits per heavy atom. The zero-order valence-electron chi connectivity index (χ0n) is 12.2. The quantitative estimate of drug-likeness (QED) is 0.806. The predicted molar refractivity (Wildman–Crippen MR) is 85.2 cm³/mol. The van der Waals surface area contributed by atoms with Gasteiger partial charge in [0.15, 0.2) is 0 Å². The molecule has 0 radical (unpaired) electrons. The lowest BCUT2D eigenvalue weighted by atomic mass is 10.1. The van der Waals surface area contributed by atoms with Crippen molar-refractivity contribution in [3.63, 3.8) is 0 Å². The van der Waals surface area contributed by atoms with Crippen LogP contribution in [0.15, 0.2) is 23.1 Å². The van der Waals surface area contributed by atoms with Crippen molar-refractivity contribution in [2.24, 2.45) is 0 Å². The topological polar surface area (TPSA) is 15.3 Å². The van der Waals surface area contributed by atoms with Gasteiger partial charge in [-0.2, -0.15) is 0 Å². The first-order valence-electron chi connectivity index (χ1n) is 7.45. The van der Waals surface area contributed by atoms with Gasteiger partial charge in [-0.05, 0) is 37.1 Å². The summed E-state index contributed by atoms with van der Waals surface area (Å²) in [4.78, 5) is 4.06. The number of hydrogen-bond donors (Lipinski definition) is 1. The summed E-state index contributed by atoms with van der Waals surface area (Å²) in [5.74, 6) is 1.23. The lowest BCUT2D eigenvalue weighted by Gasteiger charge is -2.27. The van der Waals surface area contributed by atoms with Gasteiger partial charge >= 0.3 is 0 Å². The Labute approximate surface area is 122 Å². The van der Waals surface area contributed by atoms with Crippen LogP contribution in [-0.4, -0.2) is 43.4 Å². The maximum atomic E-state index is 3.42. The van der Waals surface area contributed by atoms with Gasteiger partial charge in [-0.3, -0.25) is 0 Å². The predicted octanol–water partition coefficient (Wildman–Crippen LogP) is 2.94. The number of benzene rings is 1. The molecule has 2 rings (SSSR count). The number of rotatable bonds is 6. The molecule has 1 heterocycles. The molecule has 1 saturated heterocycles. The minimum Gasteiger partial charge on any atom is -0.314 e. The number of thioether (sulfide) groups is 1. The molecule has 1 aromatic carbocycles. The highest BCUT2D eigenvalue weighted by Crippen LogP contribution is 2.25. The molecule has 0 unspecified atom stereocenters. The van der Waals surface area contributed by atoms with E-state index in [4.69, 9.17) is 0 Å². The highest BCUT2D eigenvalue weighted by atomic mass is 32.2. The van der Waals surface area contributed by atoms with Crippen LogP contribution in [-0.2, 0) is 6.42 Å². The summed E-state index contributed by atoms with van der Waals surface area (Å²) in [6.07, 6.45) is 2.43. The van der Waals surface area contributed by atoms with Crippen molar-refractivity contribution in [3.8, 4) is 0 Å². The van der Waals surface area contributed by atoms with Gasteiger partial charge in [0.2, 0.25) is 0 Å². The van der Waals surface area contributed by atoms with Crippen LogP contribution in [0.3, 0.4) is 0 Å². The molecule has 0 aromatic heterocycles. The molecule has 1 fully saturated rings. The molecule has 3 heteroatoms. The van der Waals surface area contributed by atoms with Crippen molar-refractivity contribution < 1.29 is 0 Å². The van der Waals surface area contributed by atoms with Gasteiger partial charge in [-0.1, -0.05) is 24.6 Å².